The minimum absolute atomic E-state index is 0.212. The van der Waals surface area contributed by atoms with Crippen molar-refractivity contribution < 1.29 is 8.42 Å². The average molecular weight is 302 g/mol. The van der Waals surface area contributed by atoms with Crippen molar-refractivity contribution in [3.63, 3.8) is 0 Å². The Bertz CT molecular complexity index is 448. The maximum Gasteiger partial charge on any atom is 0.211 e. The van der Waals surface area contributed by atoms with Gasteiger partial charge in [-0.25, -0.2) is 8.42 Å². The highest BCUT2D eigenvalue weighted by molar-refractivity contribution is 7.88. The predicted octanol–water partition coefficient (Wildman–Crippen LogP) is 2.31. The molecule has 20 heavy (non-hydrogen) atoms. The molecule has 2 heterocycles. The molecule has 0 amide bonds. The number of rotatable bonds is 2. The van der Waals surface area contributed by atoms with Crippen LogP contribution in [0.1, 0.15) is 53.4 Å². The molecular weight excluding hydrogens is 272 g/mol. The van der Waals surface area contributed by atoms with Gasteiger partial charge in [0.1, 0.15) is 0 Å². The third kappa shape index (κ3) is 3.20. The Labute approximate surface area is 124 Å². The molecule has 0 aliphatic carbocycles. The number of sulfonamides is 1. The average Bonchev–Trinajstić information content (AvgIpc) is 2.32. The van der Waals surface area contributed by atoms with Crippen LogP contribution in [-0.2, 0) is 10.0 Å². The van der Waals surface area contributed by atoms with Crippen LogP contribution >= 0.6 is 0 Å². The van der Waals surface area contributed by atoms with Crippen molar-refractivity contribution in [2.45, 2.75) is 65.0 Å². The lowest BCUT2D eigenvalue weighted by Gasteiger charge is -2.53. The molecule has 0 aromatic rings. The van der Waals surface area contributed by atoms with E-state index in [2.05, 4.69) is 32.6 Å². The van der Waals surface area contributed by atoms with Gasteiger partial charge in [0.15, 0.2) is 0 Å². The fraction of sp³-hybridized carbons (Fsp3) is 1.00. The molecule has 0 bridgehead atoms. The Morgan fingerprint density at radius 1 is 1.00 bits per heavy atom. The number of hydrogen-bond acceptors (Lipinski definition) is 3. The lowest BCUT2D eigenvalue weighted by atomic mass is 9.69. The van der Waals surface area contributed by atoms with Gasteiger partial charge in [-0.05, 0) is 71.9 Å². The second kappa shape index (κ2) is 5.25. The monoisotopic (exact) mass is 302 g/mol. The third-order valence-corrected chi connectivity index (χ3v) is 6.83. The van der Waals surface area contributed by atoms with Gasteiger partial charge in [0.05, 0.1) is 6.26 Å². The predicted molar refractivity (Wildman–Crippen MR) is 83.2 cm³/mol. The quantitative estimate of drug-likeness (QED) is 0.786. The maximum atomic E-state index is 12.1. The summed E-state index contributed by atoms with van der Waals surface area (Å²) in [5.74, 6) is 0. The summed E-state index contributed by atoms with van der Waals surface area (Å²) in [6.45, 7) is 11.5. The summed E-state index contributed by atoms with van der Waals surface area (Å²) in [4.78, 5) is 2.51. The largest absolute Gasteiger partial charge is 0.301 e. The summed E-state index contributed by atoms with van der Waals surface area (Å²) >= 11 is 0. The van der Waals surface area contributed by atoms with E-state index in [1.165, 1.54) is 6.26 Å². The molecule has 0 aromatic carbocycles. The lowest BCUT2D eigenvalue weighted by molar-refractivity contribution is 0.000233. The van der Waals surface area contributed by atoms with Crippen molar-refractivity contribution in [3.8, 4) is 0 Å². The molecule has 2 aliphatic heterocycles. The van der Waals surface area contributed by atoms with Gasteiger partial charge in [0, 0.05) is 18.1 Å². The van der Waals surface area contributed by atoms with Crippen molar-refractivity contribution in [2.75, 3.05) is 25.9 Å². The van der Waals surface area contributed by atoms with Crippen molar-refractivity contribution in [1.82, 2.24) is 9.21 Å². The molecule has 2 rings (SSSR count). The first-order valence-corrected chi connectivity index (χ1v) is 9.63. The molecule has 118 valence electrons. The fourth-order valence-electron chi connectivity index (χ4n) is 3.78. The molecule has 2 aliphatic rings. The molecule has 0 N–H and O–H groups in total. The SMILES string of the molecule is CC(C)N1CCC2(CC1)CCC(C)(C)N(S(C)(=O)=O)C2. The number of nitrogens with zero attached hydrogens (tertiary/aromatic N) is 2. The summed E-state index contributed by atoms with van der Waals surface area (Å²) in [7, 11) is -3.12. The van der Waals surface area contributed by atoms with E-state index in [0.717, 1.165) is 38.8 Å². The zero-order chi connectivity index (χ0) is 15.2. The molecule has 0 saturated carbocycles. The maximum absolute atomic E-state index is 12.1. The minimum atomic E-state index is -3.12. The summed E-state index contributed by atoms with van der Waals surface area (Å²) in [5.41, 5.74) is -0.0159. The van der Waals surface area contributed by atoms with E-state index in [-0.39, 0.29) is 11.0 Å². The van der Waals surface area contributed by atoms with Crippen LogP contribution in [0.15, 0.2) is 0 Å². The molecule has 2 saturated heterocycles. The Balaban J connectivity index is 2.13. The molecule has 0 radical (unpaired) electrons. The van der Waals surface area contributed by atoms with E-state index in [1.54, 1.807) is 4.31 Å². The van der Waals surface area contributed by atoms with Gasteiger partial charge in [0.2, 0.25) is 10.0 Å². The van der Waals surface area contributed by atoms with Gasteiger partial charge >= 0.3 is 0 Å². The van der Waals surface area contributed by atoms with Gasteiger partial charge in [-0.15, -0.1) is 0 Å². The molecule has 0 aromatic heterocycles. The Hall–Kier alpha value is -0.130. The van der Waals surface area contributed by atoms with Crippen LogP contribution in [0.25, 0.3) is 0 Å². The topological polar surface area (TPSA) is 40.6 Å². The van der Waals surface area contributed by atoms with Crippen LogP contribution in [0.2, 0.25) is 0 Å². The number of hydrogen-bond donors (Lipinski definition) is 0. The minimum Gasteiger partial charge on any atom is -0.301 e. The normalized spacial score (nSPS) is 28.1. The van der Waals surface area contributed by atoms with Crippen LogP contribution in [0.5, 0.6) is 0 Å². The zero-order valence-corrected chi connectivity index (χ0v) is 14.5. The molecule has 4 nitrogen and oxygen atoms in total. The molecular formula is C15H30N2O2S. The Kier molecular flexibility index (Phi) is 4.27. The van der Waals surface area contributed by atoms with E-state index >= 15 is 0 Å². The highest BCUT2D eigenvalue weighted by atomic mass is 32.2. The molecule has 0 unspecified atom stereocenters. The van der Waals surface area contributed by atoms with Crippen LogP contribution < -0.4 is 0 Å². The number of piperidine rings is 2. The van der Waals surface area contributed by atoms with E-state index in [4.69, 9.17) is 0 Å². The van der Waals surface area contributed by atoms with Gasteiger partial charge in [-0.1, -0.05) is 0 Å². The molecule has 0 atom stereocenters. The van der Waals surface area contributed by atoms with Crippen LogP contribution in [0.3, 0.4) is 0 Å². The van der Waals surface area contributed by atoms with Gasteiger partial charge in [0.25, 0.3) is 0 Å². The van der Waals surface area contributed by atoms with Crippen molar-refractivity contribution in [1.29, 1.82) is 0 Å². The summed E-state index contributed by atoms with van der Waals surface area (Å²) in [5, 5.41) is 0. The molecule has 2 fully saturated rings. The first-order chi connectivity index (χ1) is 9.06. The fourth-order valence-corrected chi connectivity index (χ4v) is 5.28. The zero-order valence-electron chi connectivity index (χ0n) is 13.6. The summed E-state index contributed by atoms with van der Waals surface area (Å²) < 4.78 is 26.0. The van der Waals surface area contributed by atoms with Gasteiger partial charge < -0.3 is 4.90 Å². The van der Waals surface area contributed by atoms with Crippen LogP contribution in [0, 0.1) is 5.41 Å². The van der Waals surface area contributed by atoms with Crippen LogP contribution in [-0.4, -0.2) is 55.1 Å². The third-order valence-electron chi connectivity index (χ3n) is 5.41. The second-order valence-electron chi connectivity index (χ2n) is 7.71. The molecule has 1 spiro atoms. The Morgan fingerprint density at radius 3 is 2.00 bits per heavy atom. The second-order valence-corrected chi connectivity index (χ2v) is 9.62. The van der Waals surface area contributed by atoms with Crippen LogP contribution in [0.4, 0.5) is 0 Å². The summed E-state index contributed by atoms with van der Waals surface area (Å²) in [6, 6.07) is 0.596. The highest BCUT2D eigenvalue weighted by Crippen LogP contribution is 2.45. The first-order valence-electron chi connectivity index (χ1n) is 7.78. The lowest BCUT2D eigenvalue weighted by Crippen LogP contribution is -2.58. The van der Waals surface area contributed by atoms with E-state index in [1.807, 2.05) is 0 Å². The molecule has 5 heteroatoms. The summed E-state index contributed by atoms with van der Waals surface area (Å²) in [6.07, 6.45) is 5.76. The van der Waals surface area contributed by atoms with E-state index in [9.17, 15) is 8.42 Å². The van der Waals surface area contributed by atoms with Gasteiger partial charge in [-0.2, -0.15) is 4.31 Å². The number of likely N-dealkylation sites (tertiary alicyclic amines) is 1. The smallest absolute Gasteiger partial charge is 0.211 e. The standard InChI is InChI=1S/C15H30N2O2S/c1-13(2)16-10-8-15(9-11-16)7-6-14(3,4)17(12-15)20(5,18)19/h13H,6-12H2,1-5H3. The first kappa shape index (κ1) is 16.2. The van der Waals surface area contributed by atoms with Gasteiger partial charge in [-0.3, -0.25) is 0 Å². The van der Waals surface area contributed by atoms with Crippen molar-refractivity contribution in [3.05, 3.63) is 0 Å². The van der Waals surface area contributed by atoms with E-state index in [0.29, 0.717) is 12.6 Å². The van der Waals surface area contributed by atoms with E-state index < -0.39 is 10.0 Å². The van der Waals surface area contributed by atoms with Crippen molar-refractivity contribution in [2.24, 2.45) is 5.41 Å². The van der Waals surface area contributed by atoms with Crippen molar-refractivity contribution >= 4 is 10.0 Å². The Morgan fingerprint density at radius 2 is 1.55 bits per heavy atom. The highest BCUT2D eigenvalue weighted by Gasteiger charge is 2.47.